The molecule has 0 aliphatic carbocycles. The van der Waals surface area contributed by atoms with Crippen molar-refractivity contribution < 1.29 is 4.74 Å². The highest BCUT2D eigenvalue weighted by molar-refractivity contribution is 7.80. The number of ether oxygens (including phenoxy) is 1. The van der Waals surface area contributed by atoms with Crippen LogP contribution < -0.4 is 15.6 Å². The summed E-state index contributed by atoms with van der Waals surface area (Å²) in [4.78, 5) is 18.0. The predicted molar refractivity (Wildman–Crippen MR) is 144 cm³/mol. The molecule has 5 nitrogen and oxygen atoms in total. The summed E-state index contributed by atoms with van der Waals surface area (Å²) in [6.07, 6.45) is 0. The molecule has 0 aliphatic heterocycles. The van der Waals surface area contributed by atoms with E-state index in [1.54, 1.807) is 7.11 Å². The highest BCUT2D eigenvalue weighted by atomic mass is 32.1. The topological polar surface area (TPSA) is 57.4 Å². The second-order valence-electron chi connectivity index (χ2n) is 8.67. The molecule has 0 unspecified atom stereocenters. The zero-order chi connectivity index (χ0) is 24.2. The summed E-state index contributed by atoms with van der Waals surface area (Å²) in [5.74, 6) is 0.799. The standard InChI is InChI=1S/C28H29N3O2S/c1-18-6-12-25(20(3)13-18)30-28(34)31(16-21-7-10-24(33-4)11-8-21)17-23-15-22-9-5-19(2)14-26(22)29-27(23)32/h5-15H,16-17H2,1-4H3,(H,29,32)(H,30,34). The van der Waals surface area contributed by atoms with Crippen LogP contribution in [0.1, 0.15) is 27.8 Å². The average molecular weight is 472 g/mol. The van der Waals surface area contributed by atoms with E-state index in [1.807, 2.05) is 66.4 Å². The van der Waals surface area contributed by atoms with Crippen molar-refractivity contribution in [3.8, 4) is 5.75 Å². The lowest BCUT2D eigenvalue weighted by atomic mass is 10.1. The molecule has 0 saturated heterocycles. The van der Waals surface area contributed by atoms with Gasteiger partial charge in [-0.2, -0.15) is 0 Å². The number of hydrogen-bond acceptors (Lipinski definition) is 3. The smallest absolute Gasteiger partial charge is 0.253 e. The molecule has 0 atom stereocenters. The van der Waals surface area contributed by atoms with Gasteiger partial charge in [-0.3, -0.25) is 4.79 Å². The number of benzene rings is 3. The summed E-state index contributed by atoms with van der Waals surface area (Å²) in [6.45, 7) is 7.06. The molecule has 0 spiro atoms. The minimum absolute atomic E-state index is 0.104. The molecule has 4 aromatic rings. The van der Waals surface area contributed by atoms with Crippen LogP contribution in [0.15, 0.2) is 71.5 Å². The minimum atomic E-state index is -0.104. The number of fused-ring (bicyclic) bond motifs is 1. The van der Waals surface area contributed by atoms with Gasteiger partial charge in [0.2, 0.25) is 0 Å². The van der Waals surface area contributed by atoms with Gasteiger partial charge in [0.15, 0.2) is 5.11 Å². The van der Waals surface area contributed by atoms with Crippen molar-refractivity contribution in [1.82, 2.24) is 9.88 Å². The van der Waals surface area contributed by atoms with Crippen molar-refractivity contribution >= 4 is 33.9 Å². The lowest BCUT2D eigenvalue weighted by molar-refractivity contribution is 0.406. The fourth-order valence-electron chi connectivity index (χ4n) is 3.98. The number of nitrogens with one attached hydrogen (secondary N) is 2. The highest BCUT2D eigenvalue weighted by Crippen LogP contribution is 2.20. The SMILES string of the molecule is COc1ccc(CN(Cc2cc3ccc(C)cc3[nH]c2=O)C(=S)Nc2ccc(C)cc2C)cc1. The van der Waals surface area contributed by atoms with Crippen LogP contribution in [0.3, 0.4) is 0 Å². The van der Waals surface area contributed by atoms with Gasteiger partial charge < -0.3 is 19.9 Å². The summed E-state index contributed by atoms with van der Waals surface area (Å²) in [7, 11) is 1.65. The number of nitrogens with zero attached hydrogens (tertiary/aromatic N) is 1. The minimum Gasteiger partial charge on any atom is -0.497 e. The molecular formula is C28H29N3O2S. The third kappa shape index (κ3) is 5.46. The molecular weight excluding hydrogens is 442 g/mol. The van der Waals surface area contributed by atoms with E-state index >= 15 is 0 Å². The van der Waals surface area contributed by atoms with Crippen LogP contribution in [0.2, 0.25) is 0 Å². The average Bonchev–Trinajstić information content (AvgIpc) is 2.81. The van der Waals surface area contributed by atoms with Crippen LogP contribution in [0, 0.1) is 20.8 Å². The van der Waals surface area contributed by atoms with Crippen LogP contribution in [0.25, 0.3) is 10.9 Å². The first-order chi connectivity index (χ1) is 16.3. The first-order valence-electron chi connectivity index (χ1n) is 11.2. The van der Waals surface area contributed by atoms with Gasteiger partial charge in [-0.15, -0.1) is 0 Å². The molecule has 0 bridgehead atoms. The number of pyridine rings is 1. The molecule has 4 rings (SSSR count). The number of hydrogen-bond donors (Lipinski definition) is 2. The Bertz CT molecular complexity index is 1390. The summed E-state index contributed by atoms with van der Waals surface area (Å²) >= 11 is 5.83. The normalized spacial score (nSPS) is 10.8. The van der Waals surface area contributed by atoms with E-state index in [2.05, 4.69) is 36.3 Å². The maximum Gasteiger partial charge on any atom is 0.253 e. The number of H-pyrrole nitrogens is 1. The Morgan fingerprint density at radius 3 is 2.35 bits per heavy atom. The Morgan fingerprint density at radius 2 is 1.65 bits per heavy atom. The third-order valence-corrected chi connectivity index (χ3v) is 6.24. The zero-order valence-corrected chi connectivity index (χ0v) is 20.8. The van der Waals surface area contributed by atoms with Gasteiger partial charge in [0.05, 0.1) is 13.7 Å². The molecule has 174 valence electrons. The Morgan fingerprint density at radius 1 is 0.941 bits per heavy atom. The molecule has 3 aromatic carbocycles. The van der Waals surface area contributed by atoms with Gasteiger partial charge in [0.25, 0.3) is 5.56 Å². The van der Waals surface area contributed by atoms with Crippen molar-refractivity contribution in [3.63, 3.8) is 0 Å². The largest absolute Gasteiger partial charge is 0.497 e. The Labute approximate surface area is 205 Å². The quantitative estimate of drug-likeness (QED) is 0.345. The van der Waals surface area contributed by atoms with E-state index in [0.29, 0.717) is 23.8 Å². The van der Waals surface area contributed by atoms with E-state index in [9.17, 15) is 4.79 Å². The number of aromatic nitrogens is 1. The molecule has 0 radical (unpaired) electrons. The van der Waals surface area contributed by atoms with E-state index in [-0.39, 0.29) is 5.56 Å². The van der Waals surface area contributed by atoms with Gasteiger partial charge in [-0.25, -0.2) is 0 Å². The van der Waals surface area contributed by atoms with Crippen molar-refractivity contribution in [2.75, 3.05) is 12.4 Å². The van der Waals surface area contributed by atoms with Gasteiger partial charge in [0.1, 0.15) is 5.75 Å². The lowest BCUT2D eigenvalue weighted by Crippen LogP contribution is -2.35. The van der Waals surface area contributed by atoms with Crippen LogP contribution in [-0.2, 0) is 13.1 Å². The molecule has 1 aromatic heterocycles. The van der Waals surface area contributed by atoms with E-state index in [0.717, 1.165) is 39.0 Å². The molecule has 0 saturated carbocycles. The first kappa shape index (κ1) is 23.5. The third-order valence-electron chi connectivity index (χ3n) is 5.88. The number of anilines is 1. The summed E-state index contributed by atoms with van der Waals surface area (Å²) in [6, 6.07) is 22.1. The lowest BCUT2D eigenvalue weighted by Gasteiger charge is -2.27. The van der Waals surface area contributed by atoms with E-state index < -0.39 is 0 Å². The number of methoxy groups -OCH3 is 1. The summed E-state index contributed by atoms with van der Waals surface area (Å²) in [5, 5.41) is 4.94. The first-order valence-corrected chi connectivity index (χ1v) is 11.6. The maximum absolute atomic E-state index is 12.9. The van der Waals surface area contributed by atoms with Crippen LogP contribution in [-0.4, -0.2) is 22.1 Å². The fraction of sp³-hybridized carbons (Fsp3) is 0.214. The van der Waals surface area contributed by atoms with Crippen LogP contribution >= 0.6 is 12.2 Å². The Hall–Kier alpha value is -3.64. The molecule has 34 heavy (non-hydrogen) atoms. The van der Waals surface area contributed by atoms with Crippen molar-refractivity contribution in [3.05, 3.63) is 105 Å². The highest BCUT2D eigenvalue weighted by Gasteiger charge is 2.15. The second kappa shape index (κ2) is 10.1. The fourth-order valence-corrected chi connectivity index (χ4v) is 4.22. The molecule has 0 amide bonds. The number of thiocarbonyl (C=S) groups is 1. The Kier molecular flexibility index (Phi) is 6.98. The second-order valence-corrected chi connectivity index (χ2v) is 9.05. The number of aryl methyl sites for hydroxylation is 3. The predicted octanol–water partition coefficient (Wildman–Crippen LogP) is 5.86. The van der Waals surface area contributed by atoms with Crippen molar-refractivity contribution in [2.45, 2.75) is 33.9 Å². The van der Waals surface area contributed by atoms with Gasteiger partial charge in [-0.1, -0.05) is 42.0 Å². The molecule has 2 N–H and O–H groups in total. The van der Waals surface area contributed by atoms with E-state index in [4.69, 9.17) is 17.0 Å². The van der Waals surface area contributed by atoms with Gasteiger partial charge in [-0.05, 0) is 85.4 Å². The summed E-state index contributed by atoms with van der Waals surface area (Å²) in [5.41, 5.74) is 6.84. The van der Waals surface area contributed by atoms with Crippen LogP contribution in [0.4, 0.5) is 5.69 Å². The van der Waals surface area contributed by atoms with Crippen molar-refractivity contribution in [2.24, 2.45) is 0 Å². The van der Waals surface area contributed by atoms with Crippen molar-refractivity contribution in [1.29, 1.82) is 0 Å². The maximum atomic E-state index is 12.9. The molecule has 6 heteroatoms. The molecule has 1 heterocycles. The summed E-state index contributed by atoms with van der Waals surface area (Å²) < 4.78 is 5.29. The van der Waals surface area contributed by atoms with E-state index in [1.165, 1.54) is 5.56 Å². The molecule has 0 fully saturated rings. The number of aromatic amines is 1. The monoisotopic (exact) mass is 471 g/mol. The zero-order valence-electron chi connectivity index (χ0n) is 19.9. The number of rotatable bonds is 6. The Balaban J connectivity index is 1.65. The van der Waals surface area contributed by atoms with Crippen LogP contribution in [0.5, 0.6) is 5.75 Å². The molecule has 0 aliphatic rings. The van der Waals surface area contributed by atoms with Gasteiger partial charge >= 0.3 is 0 Å². The van der Waals surface area contributed by atoms with Gasteiger partial charge in [0, 0.05) is 23.3 Å².